The average Bonchev–Trinajstić information content (AvgIpc) is 2.56. The Hall–Kier alpha value is -0.180. The highest BCUT2D eigenvalue weighted by Gasteiger charge is 2.43. The van der Waals surface area contributed by atoms with Crippen molar-refractivity contribution in [2.45, 2.75) is 37.0 Å². The molecule has 106 valence electrons. The molecule has 1 saturated heterocycles. The maximum Gasteiger partial charge on any atom is 0.218 e. The molecule has 18 heavy (non-hydrogen) atoms. The van der Waals surface area contributed by atoms with Crippen LogP contribution in [-0.2, 0) is 19.9 Å². The van der Waals surface area contributed by atoms with Gasteiger partial charge < -0.3 is 5.11 Å². The van der Waals surface area contributed by atoms with Crippen LogP contribution < -0.4 is 0 Å². The summed E-state index contributed by atoms with van der Waals surface area (Å²) < 4.78 is 48.9. The monoisotopic (exact) mass is 297 g/mol. The van der Waals surface area contributed by atoms with Gasteiger partial charge in [0.25, 0.3) is 0 Å². The summed E-state index contributed by atoms with van der Waals surface area (Å²) in [6.07, 6.45) is 2.78. The molecule has 0 aromatic heterocycles. The molecule has 1 atom stereocenters. The van der Waals surface area contributed by atoms with Gasteiger partial charge in [-0.25, -0.2) is 16.8 Å². The molecular weight excluding hydrogens is 278 g/mol. The Morgan fingerprint density at radius 1 is 1.22 bits per heavy atom. The Labute approximate surface area is 108 Å². The Morgan fingerprint density at radius 3 is 2.28 bits per heavy atom. The van der Waals surface area contributed by atoms with Crippen LogP contribution >= 0.6 is 0 Å². The van der Waals surface area contributed by atoms with Crippen LogP contribution in [0, 0.1) is 0 Å². The zero-order chi connectivity index (χ0) is 13.4. The van der Waals surface area contributed by atoms with E-state index >= 15 is 0 Å². The normalized spacial score (nSPS) is 28.4. The summed E-state index contributed by atoms with van der Waals surface area (Å²) >= 11 is 0. The third kappa shape index (κ3) is 2.71. The lowest BCUT2D eigenvalue weighted by atomic mass is 9.93. The van der Waals surface area contributed by atoms with Crippen LogP contribution in [0.5, 0.6) is 0 Å². The minimum Gasteiger partial charge on any atom is -0.395 e. The van der Waals surface area contributed by atoms with E-state index in [1.54, 1.807) is 0 Å². The summed E-state index contributed by atoms with van der Waals surface area (Å²) in [4.78, 5) is 0. The molecule has 0 aromatic carbocycles. The Morgan fingerprint density at radius 2 is 1.89 bits per heavy atom. The Bertz CT molecular complexity index is 494. The molecule has 1 aliphatic heterocycles. The molecule has 1 saturated carbocycles. The van der Waals surface area contributed by atoms with E-state index in [1.807, 2.05) is 0 Å². The van der Waals surface area contributed by atoms with Gasteiger partial charge in [-0.05, 0) is 19.3 Å². The molecule has 2 fully saturated rings. The van der Waals surface area contributed by atoms with Gasteiger partial charge in [0.05, 0.1) is 23.4 Å². The first kappa shape index (κ1) is 14.2. The maximum atomic E-state index is 12.4. The molecule has 2 aliphatic rings. The van der Waals surface area contributed by atoms with Gasteiger partial charge in [-0.2, -0.15) is 4.31 Å². The minimum atomic E-state index is -3.60. The highest BCUT2D eigenvalue weighted by molar-refractivity contribution is 7.95. The molecule has 0 aromatic rings. The highest BCUT2D eigenvalue weighted by atomic mass is 32.2. The first-order chi connectivity index (χ1) is 8.37. The van der Waals surface area contributed by atoms with Gasteiger partial charge in [0, 0.05) is 12.6 Å². The number of nitrogens with zero attached hydrogens (tertiary/aromatic N) is 1. The van der Waals surface area contributed by atoms with Crippen LogP contribution in [0.1, 0.15) is 25.7 Å². The Kier molecular flexibility index (Phi) is 4.01. The summed E-state index contributed by atoms with van der Waals surface area (Å²) in [7, 11) is -6.81. The average molecular weight is 297 g/mol. The van der Waals surface area contributed by atoms with Gasteiger partial charge in [-0.3, -0.25) is 0 Å². The van der Waals surface area contributed by atoms with E-state index in [4.69, 9.17) is 5.11 Å². The fourth-order valence-electron chi connectivity index (χ4n) is 2.48. The molecule has 1 heterocycles. The third-order valence-corrected chi connectivity index (χ3v) is 8.10. The number of rotatable bonds is 5. The van der Waals surface area contributed by atoms with Gasteiger partial charge >= 0.3 is 0 Å². The molecule has 8 heteroatoms. The Balaban J connectivity index is 2.17. The molecule has 6 nitrogen and oxygen atoms in total. The highest BCUT2D eigenvalue weighted by Crippen LogP contribution is 2.31. The van der Waals surface area contributed by atoms with E-state index in [-0.39, 0.29) is 37.1 Å². The lowest BCUT2D eigenvalue weighted by Gasteiger charge is -2.37. The largest absolute Gasteiger partial charge is 0.395 e. The summed E-state index contributed by atoms with van der Waals surface area (Å²) in [5, 5.41) is 8.17. The van der Waals surface area contributed by atoms with Gasteiger partial charge in [0.2, 0.25) is 10.0 Å². The molecule has 1 aliphatic carbocycles. The van der Waals surface area contributed by atoms with E-state index in [9.17, 15) is 16.8 Å². The van der Waals surface area contributed by atoms with Gasteiger partial charge in [-0.1, -0.05) is 6.42 Å². The van der Waals surface area contributed by atoms with Crippen molar-refractivity contribution in [1.29, 1.82) is 0 Å². The fraction of sp³-hybridized carbons (Fsp3) is 1.00. The summed E-state index contributed by atoms with van der Waals surface area (Å²) in [6, 6.07) is -0.0505. The number of hydrogen-bond acceptors (Lipinski definition) is 5. The zero-order valence-electron chi connectivity index (χ0n) is 10.2. The van der Waals surface area contributed by atoms with Crippen LogP contribution in [0.25, 0.3) is 0 Å². The molecule has 0 bridgehead atoms. The second-order valence-electron chi connectivity index (χ2n) is 4.99. The number of sulfonamides is 1. The lowest BCUT2D eigenvalue weighted by Crippen LogP contribution is -2.49. The smallest absolute Gasteiger partial charge is 0.218 e. The van der Waals surface area contributed by atoms with E-state index in [1.165, 1.54) is 4.31 Å². The number of aliphatic hydroxyl groups excluding tert-OH is 1. The number of hydrogen-bond donors (Lipinski definition) is 1. The topological polar surface area (TPSA) is 91.8 Å². The fourth-order valence-corrected chi connectivity index (χ4v) is 7.24. The van der Waals surface area contributed by atoms with E-state index in [2.05, 4.69) is 0 Å². The van der Waals surface area contributed by atoms with Crippen LogP contribution in [0.4, 0.5) is 0 Å². The maximum absolute atomic E-state index is 12.4. The quantitative estimate of drug-likeness (QED) is 0.728. The summed E-state index contributed by atoms with van der Waals surface area (Å²) in [5.74, 6) is -0.321. The van der Waals surface area contributed by atoms with Crippen molar-refractivity contribution in [3.8, 4) is 0 Å². The van der Waals surface area contributed by atoms with Crippen LogP contribution in [0.15, 0.2) is 0 Å². The molecule has 2 rings (SSSR count). The molecular formula is C10H19NO5S2. The van der Waals surface area contributed by atoms with Crippen molar-refractivity contribution in [3.05, 3.63) is 0 Å². The standard InChI is InChI=1S/C10H19NO5S2/c12-6-5-11(9-2-1-3-9)18(15,16)10-4-7-17(13,14)8-10/h9-10,12H,1-8H2. The van der Waals surface area contributed by atoms with Crippen molar-refractivity contribution < 1.29 is 21.9 Å². The molecule has 0 radical (unpaired) electrons. The second-order valence-corrected chi connectivity index (χ2v) is 9.38. The van der Waals surface area contributed by atoms with Gasteiger partial charge in [0.1, 0.15) is 0 Å². The number of aliphatic hydroxyl groups is 1. The van der Waals surface area contributed by atoms with Crippen molar-refractivity contribution in [3.63, 3.8) is 0 Å². The van der Waals surface area contributed by atoms with E-state index in [0.29, 0.717) is 0 Å². The molecule has 1 unspecified atom stereocenters. The lowest BCUT2D eigenvalue weighted by molar-refractivity contribution is 0.177. The SMILES string of the molecule is O=S1(=O)CCC(S(=O)(=O)N(CCO)C2CCC2)C1. The van der Waals surface area contributed by atoms with Crippen molar-refractivity contribution >= 4 is 19.9 Å². The van der Waals surface area contributed by atoms with Crippen molar-refractivity contribution in [1.82, 2.24) is 4.31 Å². The molecule has 0 amide bonds. The third-order valence-electron chi connectivity index (χ3n) is 3.74. The minimum absolute atomic E-state index is 0.0471. The van der Waals surface area contributed by atoms with Crippen molar-refractivity contribution in [2.24, 2.45) is 0 Å². The van der Waals surface area contributed by atoms with Crippen molar-refractivity contribution in [2.75, 3.05) is 24.7 Å². The first-order valence-electron chi connectivity index (χ1n) is 6.19. The zero-order valence-corrected chi connectivity index (χ0v) is 11.8. The van der Waals surface area contributed by atoms with Gasteiger partial charge in [-0.15, -0.1) is 0 Å². The predicted molar refractivity (Wildman–Crippen MR) is 67.4 cm³/mol. The number of sulfone groups is 1. The van der Waals surface area contributed by atoms with E-state index in [0.717, 1.165) is 19.3 Å². The summed E-state index contributed by atoms with van der Waals surface area (Å²) in [6.45, 7) is -0.154. The van der Waals surface area contributed by atoms with Crippen LogP contribution in [-0.4, -0.2) is 62.2 Å². The molecule has 0 spiro atoms. The molecule has 1 N–H and O–H groups in total. The van der Waals surface area contributed by atoms with Gasteiger partial charge in [0.15, 0.2) is 9.84 Å². The first-order valence-corrected chi connectivity index (χ1v) is 9.51. The predicted octanol–water partition coefficient (Wildman–Crippen LogP) is -0.650. The second kappa shape index (κ2) is 5.07. The summed E-state index contributed by atoms with van der Waals surface area (Å²) in [5.41, 5.74) is 0. The van der Waals surface area contributed by atoms with E-state index < -0.39 is 25.1 Å². The van der Waals surface area contributed by atoms with Crippen LogP contribution in [0.2, 0.25) is 0 Å². The van der Waals surface area contributed by atoms with Crippen LogP contribution in [0.3, 0.4) is 0 Å².